The molecular formula is C25H23N3O5. The minimum atomic E-state index is -1.16. The maximum Gasteiger partial charge on any atom is 0.250 e. The molecule has 0 unspecified atom stereocenters. The number of nitrogens with zero attached hydrogens (tertiary/aromatic N) is 2. The van der Waals surface area contributed by atoms with E-state index in [1.807, 2.05) is 26.0 Å². The zero-order chi connectivity index (χ0) is 22.6. The largest absolute Gasteiger partial charge is 0.454 e. The number of aryl methyl sites for hydroxylation is 2. The van der Waals surface area contributed by atoms with Crippen molar-refractivity contribution < 1.29 is 23.9 Å². The number of fused-ring (bicyclic) bond motifs is 8. The molecule has 8 nitrogen and oxygen atoms in total. The van der Waals surface area contributed by atoms with Crippen LogP contribution in [0.1, 0.15) is 29.5 Å². The van der Waals surface area contributed by atoms with Crippen molar-refractivity contribution >= 4 is 29.1 Å². The van der Waals surface area contributed by atoms with E-state index in [4.69, 9.17) is 9.47 Å². The maximum atomic E-state index is 14.0. The Kier molecular flexibility index (Phi) is 3.55. The maximum absolute atomic E-state index is 14.0. The van der Waals surface area contributed by atoms with Crippen LogP contribution in [0, 0.1) is 25.7 Å². The quantitative estimate of drug-likeness (QED) is 0.679. The predicted molar refractivity (Wildman–Crippen MR) is 118 cm³/mol. The Balaban J connectivity index is 1.42. The predicted octanol–water partition coefficient (Wildman–Crippen LogP) is 2.46. The standard InChI is InChI=1S/C25H23N3O5/c1-12-8-13(2)21-15(9-12)25(24(31)26-21)20-19(16-4-3-7-27(16)25)22(29)28(23(20)30)14-5-6-17-18(10-14)33-11-32-17/h5-6,8-10,16,19-20H,3-4,7,11H2,1-2H3,(H,26,31)/t16-,19-,20-,25+/m1/s1. The van der Waals surface area contributed by atoms with E-state index in [0.717, 1.165) is 35.2 Å². The molecule has 3 amide bonds. The van der Waals surface area contributed by atoms with Gasteiger partial charge >= 0.3 is 0 Å². The molecule has 168 valence electrons. The normalized spacial score (nSPS) is 31.4. The first kappa shape index (κ1) is 19.1. The molecule has 1 spiro atoms. The van der Waals surface area contributed by atoms with Crippen molar-refractivity contribution in [2.75, 3.05) is 23.6 Å². The van der Waals surface area contributed by atoms with Crippen LogP contribution in [0.15, 0.2) is 30.3 Å². The lowest BCUT2D eigenvalue weighted by Crippen LogP contribution is -2.54. The molecule has 5 heterocycles. The summed E-state index contributed by atoms with van der Waals surface area (Å²) >= 11 is 0. The van der Waals surface area contributed by atoms with Crippen LogP contribution in [0.5, 0.6) is 11.5 Å². The van der Waals surface area contributed by atoms with Crippen LogP contribution in [0.4, 0.5) is 11.4 Å². The molecule has 5 aliphatic heterocycles. The number of hydrogen-bond acceptors (Lipinski definition) is 6. The molecule has 5 aliphatic rings. The number of rotatable bonds is 1. The number of carbonyl (C=O) groups is 3. The number of carbonyl (C=O) groups excluding carboxylic acids is 3. The van der Waals surface area contributed by atoms with Crippen molar-refractivity contribution in [3.63, 3.8) is 0 Å². The van der Waals surface area contributed by atoms with Gasteiger partial charge in [-0.1, -0.05) is 17.7 Å². The molecule has 0 aliphatic carbocycles. The molecule has 0 radical (unpaired) electrons. The zero-order valence-corrected chi connectivity index (χ0v) is 18.4. The SMILES string of the molecule is Cc1cc(C)c2c(c1)[C@@]1(C(=O)N2)[C@H]2C(=O)N(c3ccc4c(c3)OCO4)C(=O)[C@@H]2[C@H]2CCCN21. The minimum Gasteiger partial charge on any atom is -0.454 e. The van der Waals surface area contributed by atoms with Gasteiger partial charge in [-0.25, -0.2) is 4.90 Å². The molecule has 2 aromatic carbocycles. The van der Waals surface area contributed by atoms with Crippen molar-refractivity contribution in [3.05, 3.63) is 47.0 Å². The molecule has 0 aromatic heterocycles. The van der Waals surface area contributed by atoms with Crippen LogP contribution in [0.2, 0.25) is 0 Å². The van der Waals surface area contributed by atoms with E-state index in [9.17, 15) is 14.4 Å². The van der Waals surface area contributed by atoms with Crippen molar-refractivity contribution in [1.82, 2.24) is 4.90 Å². The van der Waals surface area contributed by atoms with Gasteiger partial charge in [-0.15, -0.1) is 0 Å². The molecule has 7 rings (SSSR count). The highest BCUT2D eigenvalue weighted by Gasteiger charge is 2.74. The van der Waals surface area contributed by atoms with Crippen LogP contribution in [0.3, 0.4) is 0 Å². The summed E-state index contributed by atoms with van der Waals surface area (Å²) in [5.41, 5.74) is 2.92. The second kappa shape index (κ2) is 6.14. The van der Waals surface area contributed by atoms with Crippen LogP contribution in [-0.2, 0) is 19.9 Å². The second-order valence-electron chi connectivity index (χ2n) is 9.68. The summed E-state index contributed by atoms with van der Waals surface area (Å²) in [5, 5.41) is 3.08. The Hall–Kier alpha value is -3.39. The topological polar surface area (TPSA) is 88.2 Å². The third-order valence-corrected chi connectivity index (χ3v) is 8.06. The minimum absolute atomic E-state index is 0.113. The molecule has 3 saturated heterocycles. The smallest absolute Gasteiger partial charge is 0.250 e. The molecule has 3 fully saturated rings. The first-order chi connectivity index (χ1) is 15.9. The highest BCUT2D eigenvalue weighted by Crippen LogP contribution is 2.61. The van der Waals surface area contributed by atoms with Gasteiger partial charge in [0.15, 0.2) is 11.5 Å². The van der Waals surface area contributed by atoms with Crippen molar-refractivity contribution in [2.24, 2.45) is 11.8 Å². The Bertz CT molecular complexity index is 1290. The van der Waals surface area contributed by atoms with Gasteiger partial charge < -0.3 is 14.8 Å². The fraction of sp³-hybridized carbons (Fsp3) is 0.400. The monoisotopic (exact) mass is 445 g/mol. The number of ether oxygens (including phenoxy) is 2. The number of amides is 3. The third-order valence-electron chi connectivity index (χ3n) is 8.06. The zero-order valence-electron chi connectivity index (χ0n) is 18.4. The van der Waals surface area contributed by atoms with Gasteiger partial charge in [0.05, 0.1) is 17.5 Å². The van der Waals surface area contributed by atoms with Gasteiger partial charge in [0.2, 0.25) is 24.5 Å². The summed E-state index contributed by atoms with van der Waals surface area (Å²) in [7, 11) is 0. The number of benzene rings is 2. The summed E-state index contributed by atoms with van der Waals surface area (Å²) in [6.07, 6.45) is 1.69. The van der Waals surface area contributed by atoms with E-state index < -0.39 is 17.4 Å². The first-order valence-electron chi connectivity index (χ1n) is 11.4. The average Bonchev–Trinajstić information content (AvgIpc) is 3.55. The van der Waals surface area contributed by atoms with Gasteiger partial charge in [0.25, 0.3) is 0 Å². The summed E-state index contributed by atoms with van der Waals surface area (Å²) in [5.74, 6) is -0.960. The molecule has 8 heteroatoms. The number of nitrogens with one attached hydrogen (secondary N) is 1. The third kappa shape index (κ3) is 2.13. The van der Waals surface area contributed by atoms with Crippen LogP contribution in [-0.4, -0.2) is 42.0 Å². The Morgan fingerprint density at radius 1 is 1.03 bits per heavy atom. The van der Waals surface area contributed by atoms with Gasteiger partial charge in [-0.2, -0.15) is 0 Å². The molecule has 0 saturated carbocycles. The number of hydrogen-bond donors (Lipinski definition) is 1. The fourth-order valence-corrected chi connectivity index (χ4v) is 6.94. The first-order valence-corrected chi connectivity index (χ1v) is 11.4. The molecule has 1 N–H and O–H groups in total. The summed E-state index contributed by atoms with van der Waals surface area (Å²) in [6.45, 7) is 4.78. The molecule has 0 bridgehead atoms. The van der Waals surface area contributed by atoms with E-state index in [0.29, 0.717) is 23.7 Å². The second-order valence-corrected chi connectivity index (χ2v) is 9.68. The molecule has 4 atom stereocenters. The van der Waals surface area contributed by atoms with E-state index >= 15 is 0 Å². The average molecular weight is 445 g/mol. The van der Waals surface area contributed by atoms with Crippen molar-refractivity contribution in [1.29, 1.82) is 0 Å². The summed E-state index contributed by atoms with van der Waals surface area (Å²) in [6, 6.07) is 9.01. The number of imide groups is 1. The molecule has 33 heavy (non-hydrogen) atoms. The van der Waals surface area contributed by atoms with Gasteiger partial charge in [0, 0.05) is 23.4 Å². The van der Waals surface area contributed by atoms with E-state index in [1.54, 1.807) is 18.2 Å². The van der Waals surface area contributed by atoms with Crippen molar-refractivity contribution in [2.45, 2.75) is 38.3 Å². The van der Waals surface area contributed by atoms with Crippen LogP contribution < -0.4 is 19.7 Å². The van der Waals surface area contributed by atoms with E-state index in [-0.39, 0.29) is 30.6 Å². The molecular weight excluding hydrogens is 422 g/mol. The van der Waals surface area contributed by atoms with E-state index in [2.05, 4.69) is 10.2 Å². The fourth-order valence-electron chi connectivity index (χ4n) is 6.94. The van der Waals surface area contributed by atoms with Gasteiger partial charge in [-0.3, -0.25) is 19.3 Å². The Morgan fingerprint density at radius 2 is 1.85 bits per heavy atom. The lowest BCUT2D eigenvalue weighted by Gasteiger charge is -2.36. The highest BCUT2D eigenvalue weighted by molar-refractivity contribution is 6.26. The van der Waals surface area contributed by atoms with E-state index in [1.165, 1.54) is 4.90 Å². The Labute approximate surface area is 190 Å². The van der Waals surface area contributed by atoms with Gasteiger partial charge in [-0.05, 0) is 50.9 Å². The van der Waals surface area contributed by atoms with Crippen LogP contribution >= 0.6 is 0 Å². The highest BCUT2D eigenvalue weighted by atomic mass is 16.7. The lowest BCUT2D eigenvalue weighted by molar-refractivity contribution is -0.135. The van der Waals surface area contributed by atoms with Crippen molar-refractivity contribution in [3.8, 4) is 11.5 Å². The molecule has 2 aromatic rings. The lowest BCUT2D eigenvalue weighted by atomic mass is 9.75. The summed E-state index contributed by atoms with van der Waals surface area (Å²) in [4.78, 5) is 45.0. The van der Waals surface area contributed by atoms with Gasteiger partial charge in [0.1, 0.15) is 5.54 Å². The Morgan fingerprint density at radius 3 is 2.70 bits per heavy atom. The van der Waals surface area contributed by atoms with Crippen LogP contribution in [0.25, 0.3) is 0 Å². The summed E-state index contributed by atoms with van der Waals surface area (Å²) < 4.78 is 10.9. The number of anilines is 2.